The number of nitrogens with one attached hydrogen (secondary N) is 2. The van der Waals surface area contributed by atoms with Crippen LogP contribution in [0, 0.1) is 0 Å². The molecule has 29 heavy (non-hydrogen) atoms. The summed E-state index contributed by atoms with van der Waals surface area (Å²) >= 11 is 0. The Bertz CT molecular complexity index is 836. The summed E-state index contributed by atoms with van der Waals surface area (Å²) in [5, 5.41) is 6.72. The van der Waals surface area contributed by atoms with Crippen LogP contribution in [0.15, 0.2) is 41.4 Å². The first-order valence-electron chi connectivity index (χ1n) is 10.3. The number of ether oxygens (including phenoxy) is 3. The topological polar surface area (TPSA) is 64.1 Å². The van der Waals surface area contributed by atoms with Gasteiger partial charge in [0.15, 0.2) is 17.5 Å². The zero-order valence-corrected chi connectivity index (χ0v) is 17.6. The van der Waals surface area contributed by atoms with Crippen LogP contribution in [0.1, 0.15) is 30.5 Å². The lowest BCUT2D eigenvalue weighted by Crippen LogP contribution is -2.38. The monoisotopic (exact) mass is 397 g/mol. The van der Waals surface area contributed by atoms with E-state index < -0.39 is 0 Å². The van der Waals surface area contributed by atoms with E-state index in [1.165, 1.54) is 11.1 Å². The first-order chi connectivity index (χ1) is 14.2. The van der Waals surface area contributed by atoms with E-state index in [1.54, 1.807) is 7.11 Å². The number of rotatable bonds is 9. The van der Waals surface area contributed by atoms with Crippen molar-refractivity contribution in [3.8, 4) is 17.2 Å². The van der Waals surface area contributed by atoms with Crippen molar-refractivity contribution >= 4 is 5.96 Å². The molecule has 6 heteroatoms. The highest BCUT2D eigenvalue weighted by atomic mass is 16.5. The fraction of sp³-hybridized carbons (Fsp3) is 0.435. The molecule has 0 atom stereocenters. The van der Waals surface area contributed by atoms with Crippen LogP contribution in [0.4, 0.5) is 0 Å². The number of guanidine groups is 1. The van der Waals surface area contributed by atoms with E-state index in [1.807, 2.05) is 25.1 Å². The van der Waals surface area contributed by atoms with Crippen LogP contribution in [0.2, 0.25) is 0 Å². The molecule has 2 N–H and O–H groups in total. The summed E-state index contributed by atoms with van der Waals surface area (Å²) in [4.78, 5) is 4.70. The van der Waals surface area contributed by atoms with E-state index >= 15 is 0 Å². The Balaban J connectivity index is 1.56. The Kier molecular flexibility index (Phi) is 7.61. The molecular formula is C23H31N3O3. The van der Waals surface area contributed by atoms with Crippen molar-refractivity contribution in [3.05, 3.63) is 53.1 Å². The zero-order valence-electron chi connectivity index (χ0n) is 17.6. The summed E-state index contributed by atoms with van der Waals surface area (Å²) in [6.45, 7) is 7.63. The highest BCUT2D eigenvalue weighted by molar-refractivity contribution is 5.79. The lowest BCUT2D eigenvalue weighted by atomic mass is 10.1. The zero-order chi connectivity index (χ0) is 20.5. The van der Waals surface area contributed by atoms with Gasteiger partial charge in [0.2, 0.25) is 0 Å². The Morgan fingerprint density at radius 2 is 1.93 bits per heavy atom. The molecule has 0 spiro atoms. The normalized spacial score (nSPS) is 12.9. The van der Waals surface area contributed by atoms with Crippen molar-refractivity contribution in [2.45, 2.75) is 33.2 Å². The number of fused-ring (bicyclic) bond motifs is 1. The number of hydrogen-bond donors (Lipinski definition) is 2. The van der Waals surface area contributed by atoms with Crippen molar-refractivity contribution < 1.29 is 14.2 Å². The van der Waals surface area contributed by atoms with Gasteiger partial charge in [-0.15, -0.1) is 0 Å². The molecule has 0 saturated heterocycles. The van der Waals surface area contributed by atoms with Gasteiger partial charge in [-0.05, 0) is 55.2 Å². The first-order valence-corrected chi connectivity index (χ1v) is 10.3. The molecule has 6 nitrogen and oxygen atoms in total. The standard InChI is InChI=1S/C23H31N3O3/c1-4-24-23(25-12-10-17-6-8-20-19(14-17)11-13-29-20)26-16-18-7-9-21(28-5-2)22(15-18)27-3/h6-9,14-15H,4-5,10-13,16H2,1-3H3,(H2,24,25,26). The minimum absolute atomic E-state index is 0.564. The molecule has 1 heterocycles. The molecule has 3 rings (SSSR count). The summed E-state index contributed by atoms with van der Waals surface area (Å²) in [6.07, 6.45) is 1.95. The second-order valence-corrected chi connectivity index (χ2v) is 6.83. The maximum Gasteiger partial charge on any atom is 0.191 e. The van der Waals surface area contributed by atoms with Crippen molar-refractivity contribution in [2.75, 3.05) is 33.4 Å². The Morgan fingerprint density at radius 3 is 2.72 bits per heavy atom. The third-order valence-electron chi connectivity index (χ3n) is 4.75. The highest BCUT2D eigenvalue weighted by Gasteiger charge is 2.12. The van der Waals surface area contributed by atoms with E-state index in [4.69, 9.17) is 19.2 Å². The average Bonchev–Trinajstić information content (AvgIpc) is 3.21. The number of aliphatic imine (C=N–C) groups is 1. The van der Waals surface area contributed by atoms with Gasteiger partial charge >= 0.3 is 0 Å². The smallest absolute Gasteiger partial charge is 0.191 e. The van der Waals surface area contributed by atoms with Gasteiger partial charge in [-0.1, -0.05) is 18.2 Å². The molecule has 1 aliphatic rings. The SMILES string of the molecule is CCNC(=NCc1ccc(OCC)c(OC)c1)NCCc1ccc2c(c1)CCO2. The molecule has 1 aliphatic heterocycles. The summed E-state index contributed by atoms with van der Waals surface area (Å²) in [5.41, 5.74) is 3.70. The van der Waals surface area contributed by atoms with E-state index in [-0.39, 0.29) is 0 Å². The minimum Gasteiger partial charge on any atom is -0.493 e. The maximum absolute atomic E-state index is 5.58. The third-order valence-corrected chi connectivity index (χ3v) is 4.75. The Labute approximate surface area is 173 Å². The van der Waals surface area contributed by atoms with E-state index in [9.17, 15) is 0 Å². The fourth-order valence-electron chi connectivity index (χ4n) is 3.32. The van der Waals surface area contributed by atoms with Crippen LogP contribution in [-0.4, -0.2) is 39.4 Å². The molecule has 2 aromatic carbocycles. The van der Waals surface area contributed by atoms with Crippen LogP contribution in [0.25, 0.3) is 0 Å². The van der Waals surface area contributed by atoms with Gasteiger partial charge in [-0.25, -0.2) is 4.99 Å². The van der Waals surface area contributed by atoms with Crippen LogP contribution < -0.4 is 24.8 Å². The average molecular weight is 398 g/mol. The van der Waals surface area contributed by atoms with Gasteiger partial charge in [0.25, 0.3) is 0 Å². The largest absolute Gasteiger partial charge is 0.493 e. The summed E-state index contributed by atoms with van der Waals surface area (Å²) in [5.74, 6) is 3.33. The van der Waals surface area contributed by atoms with Crippen LogP contribution in [-0.2, 0) is 19.4 Å². The quantitative estimate of drug-likeness (QED) is 0.502. The molecular weight excluding hydrogens is 366 g/mol. The molecule has 2 aromatic rings. The third kappa shape index (κ3) is 5.79. The molecule has 0 aliphatic carbocycles. The highest BCUT2D eigenvalue weighted by Crippen LogP contribution is 2.28. The second kappa shape index (κ2) is 10.6. The molecule has 0 aromatic heterocycles. The predicted octanol–water partition coefficient (Wildman–Crippen LogP) is 3.33. The number of hydrogen-bond acceptors (Lipinski definition) is 4. The van der Waals surface area contributed by atoms with Gasteiger partial charge in [0.05, 0.1) is 26.9 Å². The summed E-state index contributed by atoms with van der Waals surface area (Å²) in [7, 11) is 1.65. The fourth-order valence-corrected chi connectivity index (χ4v) is 3.32. The van der Waals surface area contributed by atoms with Crippen LogP contribution in [0.3, 0.4) is 0 Å². The van der Waals surface area contributed by atoms with Crippen molar-refractivity contribution in [2.24, 2.45) is 4.99 Å². The van der Waals surface area contributed by atoms with Gasteiger partial charge in [0.1, 0.15) is 5.75 Å². The van der Waals surface area contributed by atoms with Crippen LogP contribution >= 0.6 is 0 Å². The lowest BCUT2D eigenvalue weighted by Gasteiger charge is -2.13. The van der Waals surface area contributed by atoms with E-state index in [0.29, 0.717) is 13.2 Å². The van der Waals surface area contributed by atoms with Gasteiger partial charge in [0, 0.05) is 19.5 Å². The molecule has 0 unspecified atom stereocenters. The number of nitrogens with zero attached hydrogens (tertiary/aromatic N) is 1. The summed E-state index contributed by atoms with van der Waals surface area (Å²) < 4.78 is 16.6. The van der Waals surface area contributed by atoms with Crippen molar-refractivity contribution in [1.82, 2.24) is 10.6 Å². The van der Waals surface area contributed by atoms with E-state index in [0.717, 1.165) is 61.3 Å². The van der Waals surface area contributed by atoms with Crippen molar-refractivity contribution in [3.63, 3.8) is 0 Å². The molecule has 0 bridgehead atoms. The lowest BCUT2D eigenvalue weighted by molar-refractivity contribution is 0.310. The molecule has 0 radical (unpaired) electrons. The molecule has 0 saturated carbocycles. The van der Waals surface area contributed by atoms with Gasteiger partial charge < -0.3 is 24.8 Å². The molecule has 0 amide bonds. The Hall–Kier alpha value is -2.89. The summed E-state index contributed by atoms with van der Waals surface area (Å²) in [6, 6.07) is 12.4. The molecule has 0 fully saturated rings. The number of benzene rings is 2. The minimum atomic E-state index is 0.564. The van der Waals surface area contributed by atoms with Crippen molar-refractivity contribution in [1.29, 1.82) is 0 Å². The maximum atomic E-state index is 5.58. The first kappa shape index (κ1) is 20.8. The van der Waals surface area contributed by atoms with E-state index in [2.05, 4.69) is 35.8 Å². The number of methoxy groups -OCH3 is 1. The predicted molar refractivity (Wildman–Crippen MR) is 116 cm³/mol. The second-order valence-electron chi connectivity index (χ2n) is 6.83. The van der Waals surface area contributed by atoms with Gasteiger partial charge in [-0.3, -0.25) is 0 Å². The van der Waals surface area contributed by atoms with Gasteiger partial charge in [-0.2, -0.15) is 0 Å². The Morgan fingerprint density at radius 1 is 1.07 bits per heavy atom. The van der Waals surface area contributed by atoms with Crippen LogP contribution in [0.5, 0.6) is 17.2 Å². The molecule has 156 valence electrons.